The van der Waals surface area contributed by atoms with Gasteiger partial charge >= 0.3 is 0 Å². The number of carbonyl (C=O) groups is 2. The number of terminal acetylenes is 2. The van der Waals surface area contributed by atoms with Crippen LogP contribution in [0.4, 0.5) is 10.1 Å². The smallest absolute Gasteiger partial charge is 0.262 e. The second-order valence-electron chi connectivity index (χ2n) is 7.26. The molecule has 9 nitrogen and oxygen atoms in total. The van der Waals surface area contributed by atoms with Crippen LogP contribution in [0.3, 0.4) is 0 Å². The SMILES string of the molecule is C#CCN/C=C(\C(=O)NCC#C)C(=O)Nc1ccc(Oc2ccnc3cc(OC)c(OC)cc23)c(F)c1. The van der Waals surface area contributed by atoms with Gasteiger partial charge in [0.05, 0.1) is 32.8 Å². The number of nitrogens with zero attached hydrogens (tertiary/aromatic N) is 1. The Bertz CT molecular complexity index is 1440. The lowest BCUT2D eigenvalue weighted by atomic mass is 10.1. The number of fused-ring (bicyclic) bond motifs is 1. The average molecular weight is 503 g/mol. The fourth-order valence-electron chi connectivity index (χ4n) is 3.19. The minimum absolute atomic E-state index is 0.0817. The molecule has 2 aromatic carbocycles. The van der Waals surface area contributed by atoms with Crippen molar-refractivity contribution in [2.45, 2.75) is 0 Å². The number of anilines is 1. The van der Waals surface area contributed by atoms with Crippen LogP contribution in [0.5, 0.6) is 23.0 Å². The van der Waals surface area contributed by atoms with Crippen molar-refractivity contribution in [2.75, 3.05) is 32.6 Å². The lowest BCUT2D eigenvalue weighted by Crippen LogP contribution is -2.32. The summed E-state index contributed by atoms with van der Waals surface area (Å²) in [4.78, 5) is 29.3. The molecular formula is C27H23FN4O5. The van der Waals surface area contributed by atoms with Crippen molar-refractivity contribution in [3.63, 3.8) is 0 Å². The van der Waals surface area contributed by atoms with Crippen LogP contribution in [0.15, 0.2) is 54.4 Å². The Morgan fingerprint density at radius 2 is 1.70 bits per heavy atom. The number of benzene rings is 2. The highest BCUT2D eigenvalue weighted by atomic mass is 19.1. The molecule has 10 heteroatoms. The first-order valence-corrected chi connectivity index (χ1v) is 10.8. The summed E-state index contributed by atoms with van der Waals surface area (Å²) in [6, 6.07) is 8.77. The van der Waals surface area contributed by atoms with Gasteiger partial charge in [0.25, 0.3) is 11.8 Å². The highest BCUT2D eigenvalue weighted by molar-refractivity contribution is 6.22. The van der Waals surface area contributed by atoms with Crippen LogP contribution in [-0.4, -0.2) is 44.1 Å². The van der Waals surface area contributed by atoms with E-state index in [2.05, 4.69) is 32.8 Å². The van der Waals surface area contributed by atoms with E-state index in [1.165, 1.54) is 32.5 Å². The molecule has 37 heavy (non-hydrogen) atoms. The zero-order chi connectivity index (χ0) is 26.8. The molecule has 3 aromatic rings. The van der Waals surface area contributed by atoms with Gasteiger partial charge in [-0.3, -0.25) is 14.6 Å². The summed E-state index contributed by atoms with van der Waals surface area (Å²) in [6.07, 6.45) is 13.0. The molecule has 0 aliphatic heterocycles. The van der Waals surface area contributed by atoms with E-state index in [0.717, 1.165) is 12.3 Å². The summed E-state index contributed by atoms with van der Waals surface area (Å²) in [5, 5.41) is 8.08. The van der Waals surface area contributed by atoms with Crippen LogP contribution in [0.2, 0.25) is 0 Å². The number of hydrogen-bond acceptors (Lipinski definition) is 7. The Labute approximate surface area is 213 Å². The Morgan fingerprint density at radius 1 is 0.973 bits per heavy atom. The number of amides is 2. The monoisotopic (exact) mass is 502 g/mol. The van der Waals surface area contributed by atoms with Crippen LogP contribution >= 0.6 is 0 Å². The van der Waals surface area contributed by atoms with Gasteiger partial charge in [0.1, 0.15) is 11.3 Å². The third kappa shape index (κ3) is 6.47. The molecule has 1 heterocycles. The summed E-state index contributed by atoms with van der Waals surface area (Å²) in [6.45, 7) is 0.00378. The minimum atomic E-state index is -0.798. The van der Waals surface area contributed by atoms with Crippen molar-refractivity contribution in [1.82, 2.24) is 15.6 Å². The van der Waals surface area contributed by atoms with E-state index in [0.29, 0.717) is 28.2 Å². The predicted octanol–water partition coefficient (Wildman–Crippen LogP) is 2.98. The van der Waals surface area contributed by atoms with Crippen molar-refractivity contribution >= 4 is 28.4 Å². The molecule has 0 saturated heterocycles. The number of aromatic nitrogens is 1. The number of nitrogens with one attached hydrogen (secondary N) is 3. The molecule has 0 radical (unpaired) electrons. The fourth-order valence-corrected chi connectivity index (χ4v) is 3.19. The van der Waals surface area contributed by atoms with Crippen LogP contribution in [0, 0.1) is 30.5 Å². The number of halogens is 1. The van der Waals surface area contributed by atoms with Crippen molar-refractivity contribution in [2.24, 2.45) is 0 Å². The maximum atomic E-state index is 14.9. The second-order valence-corrected chi connectivity index (χ2v) is 7.26. The molecule has 0 aliphatic carbocycles. The molecule has 188 valence electrons. The van der Waals surface area contributed by atoms with Gasteiger partial charge in [0.15, 0.2) is 23.1 Å². The number of hydrogen-bond donors (Lipinski definition) is 3. The van der Waals surface area contributed by atoms with Gasteiger partial charge in [-0.25, -0.2) is 4.39 Å². The Kier molecular flexibility index (Phi) is 8.90. The van der Waals surface area contributed by atoms with Gasteiger partial charge < -0.3 is 30.2 Å². The standard InChI is InChI=1S/C27H23FN4O5/c1-5-10-29-16-19(26(33)31-11-6-2)27(34)32-17-7-8-23(20(28)13-17)37-22-9-12-30-21-15-25(36-4)24(35-3)14-18(21)22/h1-2,7-9,12-16,29H,10-11H2,3-4H3,(H,31,33)(H,32,34)/b19-16+. The van der Waals surface area contributed by atoms with Crippen LogP contribution in [0.1, 0.15) is 0 Å². The second kappa shape index (κ2) is 12.5. The Balaban J connectivity index is 1.83. The molecule has 0 saturated carbocycles. The molecule has 0 bridgehead atoms. The maximum Gasteiger partial charge on any atom is 0.262 e. The molecule has 3 rings (SSSR count). The van der Waals surface area contributed by atoms with Crippen molar-refractivity contribution in [1.29, 1.82) is 0 Å². The van der Waals surface area contributed by atoms with E-state index >= 15 is 0 Å². The summed E-state index contributed by atoms with van der Waals surface area (Å²) < 4.78 is 31.4. The Hall–Kier alpha value is -5.22. The molecule has 0 aliphatic rings. The lowest BCUT2D eigenvalue weighted by molar-refractivity contribution is -0.121. The topological polar surface area (TPSA) is 111 Å². The van der Waals surface area contributed by atoms with E-state index < -0.39 is 17.6 Å². The number of pyridine rings is 1. The molecule has 0 unspecified atom stereocenters. The first-order chi connectivity index (χ1) is 17.9. The first-order valence-electron chi connectivity index (χ1n) is 10.8. The van der Waals surface area contributed by atoms with E-state index in [-0.39, 0.29) is 30.1 Å². The van der Waals surface area contributed by atoms with E-state index in [4.69, 9.17) is 27.1 Å². The van der Waals surface area contributed by atoms with Gasteiger partial charge in [0, 0.05) is 35.6 Å². The molecule has 0 fully saturated rings. The fraction of sp³-hybridized carbons (Fsp3) is 0.148. The molecule has 1 aromatic heterocycles. The van der Waals surface area contributed by atoms with E-state index in [1.54, 1.807) is 18.2 Å². The van der Waals surface area contributed by atoms with Crippen molar-refractivity contribution in [3.05, 3.63) is 60.2 Å². The van der Waals surface area contributed by atoms with Gasteiger partial charge in [-0.05, 0) is 24.3 Å². The highest BCUT2D eigenvalue weighted by Gasteiger charge is 2.19. The molecule has 0 atom stereocenters. The number of methoxy groups -OCH3 is 2. The minimum Gasteiger partial charge on any atom is -0.493 e. The number of carbonyl (C=O) groups excluding carboxylic acids is 2. The number of rotatable bonds is 10. The Morgan fingerprint density at radius 3 is 2.38 bits per heavy atom. The van der Waals surface area contributed by atoms with Gasteiger partial charge in [-0.1, -0.05) is 11.8 Å². The van der Waals surface area contributed by atoms with E-state index in [1.807, 2.05) is 0 Å². The van der Waals surface area contributed by atoms with Gasteiger partial charge in [-0.2, -0.15) is 0 Å². The van der Waals surface area contributed by atoms with Crippen LogP contribution in [-0.2, 0) is 9.59 Å². The largest absolute Gasteiger partial charge is 0.493 e. The highest BCUT2D eigenvalue weighted by Crippen LogP contribution is 2.37. The molecule has 0 spiro atoms. The third-order valence-corrected chi connectivity index (χ3v) is 4.91. The summed E-state index contributed by atoms with van der Waals surface area (Å²) >= 11 is 0. The lowest BCUT2D eigenvalue weighted by Gasteiger charge is -2.13. The summed E-state index contributed by atoms with van der Waals surface area (Å²) in [7, 11) is 3.01. The van der Waals surface area contributed by atoms with Gasteiger partial charge in [0.2, 0.25) is 0 Å². The van der Waals surface area contributed by atoms with Crippen LogP contribution in [0.25, 0.3) is 10.9 Å². The number of ether oxygens (including phenoxy) is 3. The van der Waals surface area contributed by atoms with E-state index in [9.17, 15) is 14.0 Å². The molecule has 3 N–H and O–H groups in total. The summed E-state index contributed by atoms with van der Waals surface area (Å²) in [5.74, 6) is 3.46. The third-order valence-electron chi connectivity index (χ3n) is 4.91. The van der Waals surface area contributed by atoms with Crippen LogP contribution < -0.4 is 30.2 Å². The first kappa shape index (κ1) is 26.4. The normalized spacial score (nSPS) is 10.6. The molecular weight excluding hydrogens is 479 g/mol. The predicted molar refractivity (Wildman–Crippen MR) is 137 cm³/mol. The average Bonchev–Trinajstić information content (AvgIpc) is 2.90. The quantitative estimate of drug-likeness (QED) is 0.129. The van der Waals surface area contributed by atoms with Crippen molar-refractivity contribution < 1.29 is 28.2 Å². The summed E-state index contributed by atoms with van der Waals surface area (Å²) in [5.41, 5.74) is 0.354. The zero-order valence-electron chi connectivity index (χ0n) is 20.1. The maximum absolute atomic E-state index is 14.9. The zero-order valence-corrected chi connectivity index (χ0v) is 20.1. The van der Waals surface area contributed by atoms with Crippen molar-refractivity contribution in [3.8, 4) is 47.7 Å². The van der Waals surface area contributed by atoms with Gasteiger partial charge in [-0.15, -0.1) is 12.8 Å². The molecule has 2 amide bonds.